The lowest BCUT2D eigenvalue weighted by atomic mass is 10.1. The molecule has 26 heavy (non-hydrogen) atoms. The Morgan fingerprint density at radius 1 is 1.19 bits per heavy atom. The summed E-state index contributed by atoms with van der Waals surface area (Å²) in [5, 5.41) is 2.83. The van der Waals surface area contributed by atoms with E-state index < -0.39 is 5.69 Å². The molecule has 0 unspecified atom stereocenters. The topological polar surface area (TPSA) is 92.7 Å². The molecule has 2 N–H and O–H groups in total. The zero-order chi connectivity index (χ0) is 18.8. The van der Waals surface area contributed by atoms with Crippen LogP contribution in [0, 0.1) is 27.7 Å². The number of nitrogens with one attached hydrogen (secondary N) is 2. The van der Waals surface area contributed by atoms with Crippen LogP contribution in [0.1, 0.15) is 28.3 Å². The van der Waals surface area contributed by atoms with Gasteiger partial charge in [-0.1, -0.05) is 6.07 Å². The van der Waals surface area contributed by atoms with Gasteiger partial charge in [0.25, 0.3) is 0 Å². The number of benzene rings is 1. The fourth-order valence-corrected chi connectivity index (χ4v) is 2.97. The van der Waals surface area contributed by atoms with Gasteiger partial charge in [0, 0.05) is 24.4 Å². The maximum Gasteiger partial charge on any atom is 0.348 e. The second kappa shape index (κ2) is 7.11. The van der Waals surface area contributed by atoms with Crippen molar-refractivity contribution in [1.29, 1.82) is 0 Å². The lowest BCUT2D eigenvalue weighted by molar-refractivity contribution is -0.121. The number of aryl methyl sites for hydroxylation is 4. The number of H-pyrrole nitrogens is 1. The lowest BCUT2D eigenvalue weighted by Crippen LogP contribution is -2.35. The number of amides is 1. The molecule has 136 valence electrons. The monoisotopic (exact) mass is 353 g/mol. The van der Waals surface area contributed by atoms with E-state index in [0.29, 0.717) is 18.7 Å². The van der Waals surface area contributed by atoms with Gasteiger partial charge in [0.05, 0.1) is 11.0 Å². The quantitative estimate of drug-likeness (QED) is 0.730. The average Bonchev–Trinajstić information content (AvgIpc) is 2.98. The summed E-state index contributed by atoms with van der Waals surface area (Å²) in [4.78, 5) is 35.8. The lowest BCUT2D eigenvalue weighted by Gasteiger charge is -2.09. The third-order valence-electron chi connectivity index (χ3n) is 4.56. The molecule has 7 nitrogen and oxygen atoms in total. The Hall–Kier alpha value is -2.96. The van der Waals surface area contributed by atoms with E-state index in [0.717, 1.165) is 28.1 Å². The van der Waals surface area contributed by atoms with Gasteiger partial charge in [-0.3, -0.25) is 9.36 Å². The van der Waals surface area contributed by atoms with E-state index in [1.807, 2.05) is 6.07 Å². The van der Waals surface area contributed by atoms with Crippen molar-refractivity contribution in [3.63, 3.8) is 0 Å². The Morgan fingerprint density at radius 3 is 2.69 bits per heavy atom. The highest BCUT2D eigenvalue weighted by Gasteiger charge is 2.10. The Bertz CT molecular complexity index is 1030. The average molecular weight is 353 g/mol. The number of imidazole rings is 1. The second-order valence-electron chi connectivity index (χ2n) is 6.59. The highest BCUT2D eigenvalue weighted by Crippen LogP contribution is 2.19. The van der Waals surface area contributed by atoms with Crippen LogP contribution in [0.3, 0.4) is 0 Å². The molecule has 0 radical (unpaired) electrons. The SMILES string of the molecule is Cc1cc(C)n(CC(=O)NCCc2nc3c(C)c(C)ccc3[nH]2)c(=O)n1. The molecule has 0 saturated heterocycles. The first kappa shape index (κ1) is 17.8. The Morgan fingerprint density at radius 2 is 1.96 bits per heavy atom. The zero-order valence-corrected chi connectivity index (χ0v) is 15.5. The molecule has 3 rings (SSSR count). The van der Waals surface area contributed by atoms with Crippen LogP contribution >= 0.6 is 0 Å². The molecule has 1 aromatic carbocycles. The van der Waals surface area contributed by atoms with Crippen LogP contribution < -0.4 is 11.0 Å². The van der Waals surface area contributed by atoms with Crippen molar-refractivity contribution >= 4 is 16.9 Å². The van der Waals surface area contributed by atoms with Crippen molar-refractivity contribution in [1.82, 2.24) is 24.8 Å². The molecule has 2 heterocycles. The van der Waals surface area contributed by atoms with E-state index in [1.165, 1.54) is 10.1 Å². The summed E-state index contributed by atoms with van der Waals surface area (Å²) in [6.45, 7) is 8.09. The number of aromatic amines is 1. The maximum absolute atomic E-state index is 12.1. The van der Waals surface area contributed by atoms with E-state index in [-0.39, 0.29) is 12.5 Å². The first-order valence-electron chi connectivity index (χ1n) is 8.61. The molecule has 0 bridgehead atoms. The first-order chi connectivity index (χ1) is 12.3. The van der Waals surface area contributed by atoms with Crippen molar-refractivity contribution in [2.75, 3.05) is 6.54 Å². The second-order valence-corrected chi connectivity index (χ2v) is 6.59. The third-order valence-corrected chi connectivity index (χ3v) is 4.56. The van der Waals surface area contributed by atoms with Gasteiger partial charge in [0.15, 0.2) is 0 Å². The van der Waals surface area contributed by atoms with E-state index in [2.05, 4.69) is 40.2 Å². The number of carbonyl (C=O) groups is 1. The molecule has 3 aromatic rings. The van der Waals surface area contributed by atoms with Crippen LogP contribution in [0.4, 0.5) is 0 Å². The number of rotatable bonds is 5. The summed E-state index contributed by atoms with van der Waals surface area (Å²) >= 11 is 0. The molecular formula is C19H23N5O2. The number of hydrogen-bond donors (Lipinski definition) is 2. The van der Waals surface area contributed by atoms with Gasteiger partial charge >= 0.3 is 5.69 Å². The zero-order valence-electron chi connectivity index (χ0n) is 15.5. The summed E-state index contributed by atoms with van der Waals surface area (Å²) < 4.78 is 1.37. The highest BCUT2D eigenvalue weighted by molar-refractivity contribution is 5.80. The molecule has 0 saturated carbocycles. The summed E-state index contributed by atoms with van der Waals surface area (Å²) in [7, 11) is 0. The van der Waals surface area contributed by atoms with Crippen molar-refractivity contribution < 1.29 is 4.79 Å². The molecule has 1 amide bonds. The van der Waals surface area contributed by atoms with Gasteiger partial charge in [-0.25, -0.2) is 9.78 Å². The predicted octanol–water partition coefficient (Wildman–Crippen LogP) is 1.71. The number of nitrogens with zero attached hydrogens (tertiary/aromatic N) is 3. The van der Waals surface area contributed by atoms with E-state index in [9.17, 15) is 9.59 Å². The van der Waals surface area contributed by atoms with Crippen LogP contribution in [0.15, 0.2) is 23.0 Å². The normalized spacial score (nSPS) is 11.1. The first-order valence-corrected chi connectivity index (χ1v) is 8.61. The van der Waals surface area contributed by atoms with Gasteiger partial charge in [-0.15, -0.1) is 0 Å². The predicted molar refractivity (Wildman–Crippen MR) is 100 cm³/mol. The summed E-state index contributed by atoms with van der Waals surface area (Å²) in [6, 6.07) is 5.87. The largest absolute Gasteiger partial charge is 0.354 e. The van der Waals surface area contributed by atoms with Crippen LogP contribution in [-0.2, 0) is 17.8 Å². The molecule has 0 aliphatic rings. The van der Waals surface area contributed by atoms with E-state index in [4.69, 9.17) is 0 Å². The number of aromatic nitrogens is 4. The number of fused-ring (bicyclic) bond motifs is 1. The standard InChI is InChI=1S/C19H23N5O2/c1-11-5-6-15-18(14(11)4)23-16(22-15)7-8-20-17(25)10-24-13(3)9-12(2)21-19(24)26/h5-6,9H,7-8,10H2,1-4H3,(H,20,25)(H,22,23). The van der Waals surface area contributed by atoms with Crippen molar-refractivity contribution in [2.45, 2.75) is 40.7 Å². The van der Waals surface area contributed by atoms with Gasteiger partial charge in [0.1, 0.15) is 12.4 Å². The molecule has 0 fully saturated rings. The van der Waals surface area contributed by atoms with Gasteiger partial charge in [0.2, 0.25) is 5.91 Å². The van der Waals surface area contributed by atoms with E-state index in [1.54, 1.807) is 19.9 Å². The van der Waals surface area contributed by atoms with Crippen molar-refractivity contribution in [3.05, 3.63) is 57.0 Å². The molecule has 0 aliphatic heterocycles. The number of hydrogen-bond acceptors (Lipinski definition) is 4. The Labute approximate surface area is 151 Å². The van der Waals surface area contributed by atoms with E-state index >= 15 is 0 Å². The Balaban J connectivity index is 1.61. The summed E-state index contributed by atoms with van der Waals surface area (Å²) in [6.07, 6.45) is 0.596. The van der Waals surface area contributed by atoms with Crippen molar-refractivity contribution in [2.24, 2.45) is 0 Å². The van der Waals surface area contributed by atoms with Crippen molar-refractivity contribution in [3.8, 4) is 0 Å². The van der Waals surface area contributed by atoms with Crippen LogP contribution in [0.25, 0.3) is 11.0 Å². The van der Waals surface area contributed by atoms with Gasteiger partial charge in [-0.2, -0.15) is 4.98 Å². The van der Waals surface area contributed by atoms with Gasteiger partial charge in [-0.05, 0) is 51.0 Å². The molecule has 7 heteroatoms. The highest BCUT2D eigenvalue weighted by atomic mass is 16.2. The minimum atomic E-state index is -0.402. The molecule has 0 atom stereocenters. The molecule has 0 spiro atoms. The fourth-order valence-electron chi connectivity index (χ4n) is 2.97. The fraction of sp³-hybridized carbons (Fsp3) is 0.368. The Kier molecular flexibility index (Phi) is 4.88. The minimum Gasteiger partial charge on any atom is -0.354 e. The summed E-state index contributed by atoms with van der Waals surface area (Å²) in [5.41, 5.74) is 5.31. The molecular weight excluding hydrogens is 330 g/mol. The smallest absolute Gasteiger partial charge is 0.348 e. The minimum absolute atomic E-state index is 0.0314. The van der Waals surface area contributed by atoms with Crippen LogP contribution in [0.5, 0.6) is 0 Å². The van der Waals surface area contributed by atoms with Crippen LogP contribution in [0.2, 0.25) is 0 Å². The molecule has 0 aliphatic carbocycles. The number of carbonyl (C=O) groups excluding carboxylic acids is 1. The molecule has 2 aromatic heterocycles. The van der Waals surface area contributed by atoms with Gasteiger partial charge < -0.3 is 10.3 Å². The maximum atomic E-state index is 12.1. The third kappa shape index (κ3) is 3.66. The van der Waals surface area contributed by atoms with Crippen LogP contribution in [-0.4, -0.2) is 32.0 Å². The summed E-state index contributed by atoms with van der Waals surface area (Å²) in [5.74, 6) is 0.614.